The summed E-state index contributed by atoms with van der Waals surface area (Å²) in [5, 5.41) is 17.0. The Balaban J connectivity index is 1.58. The highest BCUT2D eigenvalue weighted by molar-refractivity contribution is 7.99. The molecule has 1 aromatic carbocycles. The molecule has 0 atom stereocenters. The Morgan fingerprint density at radius 3 is 2.22 bits per heavy atom. The molecule has 0 aliphatic rings. The molecule has 134 valence electrons. The maximum Gasteiger partial charge on any atom is 0.210 e. The number of rotatable bonds is 6. The molecule has 0 amide bonds. The summed E-state index contributed by atoms with van der Waals surface area (Å²) < 4.78 is 13.0. The number of hydrogen-bond acceptors (Lipinski definition) is 7. The number of nitrogens with zero attached hydrogens (tertiary/aromatic N) is 3. The fraction of sp³-hybridized carbons (Fsp3) is 0.0526. The predicted molar refractivity (Wildman–Crippen MR) is 108 cm³/mol. The standard InChI is InChI=1S/C19H12FN3OS3/c20-15-3-1-12(2-4-15)16(24)11-27-19-21-17(13-5-7-25-9-13)18(22-23-19)14-6-8-26-10-14/h1-10H,11H2. The lowest BCUT2D eigenvalue weighted by Gasteiger charge is -2.07. The van der Waals surface area contributed by atoms with Crippen LogP contribution in [-0.2, 0) is 0 Å². The zero-order valence-corrected chi connectivity index (χ0v) is 16.3. The van der Waals surface area contributed by atoms with Crippen molar-refractivity contribution in [2.75, 3.05) is 5.75 Å². The molecule has 8 heteroatoms. The van der Waals surface area contributed by atoms with Gasteiger partial charge in [0.25, 0.3) is 0 Å². The number of carbonyl (C=O) groups is 1. The number of benzene rings is 1. The summed E-state index contributed by atoms with van der Waals surface area (Å²) >= 11 is 4.40. The molecule has 0 spiro atoms. The van der Waals surface area contributed by atoms with Crippen molar-refractivity contribution in [1.82, 2.24) is 15.2 Å². The van der Waals surface area contributed by atoms with Crippen LogP contribution in [0.25, 0.3) is 22.5 Å². The van der Waals surface area contributed by atoms with E-state index < -0.39 is 0 Å². The molecule has 0 aliphatic heterocycles. The summed E-state index contributed by atoms with van der Waals surface area (Å²) in [6.45, 7) is 0. The Kier molecular flexibility index (Phi) is 5.38. The van der Waals surface area contributed by atoms with Gasteiger partial charge in [0.2, 0.25) is 5.16 Å². The maximum atomic E-state index is 13.0. The average molecular weight is 414 g/mol. The SMILES string of the molecule is O=C(CSc1nnc(-c2ccsc2)c(-c2ccsc2)n1)c1ccc(F)cc1. The van der Waals surface area contributed by atoms with Crippen LogP contribution in [0.5, 0.6) is 0 Å². The Morgan fingerprint density at radius 1 is 0.926 bits per heavy atom. The van der Waals surface area contributed by atoms with Gasteiger partial charge in [-0.05, 0) is 47.2 Å². The number of Topliss-reactive ketones (excluding diaryl/α,β-unsaturated/α-hetero) is 1. The van der Waals surface area contributed by atoms with E-state index in [1.807, 2.05) is 33.7 Å². The molecule has 0 N–H and O–H groups in total. The number of aromatic nitrogens is 3. The van der Waals surface area contributed by atoms with E-state index in [1.165, 1.54) is 36.0 Å². The number of carbonyl (C=O) groups excluding carboxylic acids is 1. The molecular formula is C19H12FN3OS3. The molecular weight excluding hydrogens is 401 g/mol. The summed E-state index contributed by atoms with van der Waals surface area (Å²) in [5.74, 6) is -0.312. The molecule has 3 aromatic heterocycles. The van der Waals surface area contributed by atoms with Gasteiger partial charge >= 0.3 is 0 Å². The average Bonchev–Trinajstić information content (AvgIpc) is 3.40. The molecule has 0 saturated carbocycles. The summed E-state index contributed by atoms with van der Waals surface area (Å²) in [6.07, 6.45) is 0. The molecule has 0 saturated heterocycles. The van der Waals surface area contributed by atoms with Crippen LogP contribution in [0.1, 0.15) is 10.4 Å². The van der Waals surface area contributed by atoms with Crippen LogP contribution in [0.15, 0.2) is 63.1 Å². The van der Waals surface area contributed by atoms with Crippen molar-refractivity contribution in [3.8, 4) is 22.5 Å². The van der Waals surface area contributed by atoms with Crippen molar-refractivity contribution >= 4 is 40.2 Å². The van der Waals surface area contributed by atoms with Crippen molar-refractivity contribution in [1.29, 1.82) is 0 Å². The van der Waals surface area contributed by atoms with Crippen LogP contribution in [0, 0.1) is 5.82 Å². The Labute approximate surface area is 167 Å². The zero-order chi connectivity index (χ0) is 18.6. The quantitative estimate of drug-likeness (QED) is 0.311. The van der Waals surface area contributed by atoms with Crippen LogP contribution in [0.2, 0.25) is 0 Å². The largest absolute Gasteiger partial charge is 0.293 e. The van der Waals surface area contributed by atoms with Crippen molar-refractivity contribution < 1.29 is 9.18 Å². The number of halogens is 1. The Hall–Kier alpha value is -2.42. The third-order valence-corrected chi connectivity index (χ3v) is 5.96. The van der Waals surface area contributed by atoms with Gasteiger partial charge in [0.15, 0.2) is 5.78 Å². The van der Waals surface area contributed by atoms with E-state index in [0.29, 0.717) is 10.7 Å². The number of hydrogen-bond donors (Lipinski definition) is 0. The highest BCUT2D eigenvalue weighted by Crippen LogP contribution is 2.32. The van der Waals surface area contributed by atoms with Gasteiger partial charge < -0.3 is 0 Å². The molecule has 3 heterocycles. The third-order valence-electron chi connectivity index (χ3n) is 3.76. The van der Waals surface area contributed by atoms with Gasteiger partial charge in [0.1, 0.15) is 17.2 Å². The third kappa shape index (κ3) is 4.13. The minimum Gasteiger partial charge on any atom is -0.293 e. The summed E-state index contributed by atoms with van der Waals surface area (Å²) in [4.78, 5) is 16.9. The lowest BCUT2D eigenvalue weighted by atomic mass is 10.1. The zero-order valence-electron chi connectivity index (χ0n) is 13.8. The number of ketones is 1. The van der Waals surface area contributed by atoms with E-state index in [-0.39, 0.29) is 17.4 Å². The first kappa shape index (κ1) is 18.0. The summed E-state index contributed by atoms with van der Waals surface area (Å²) in [5.41, 5.74) is 3.89. The van der Waals surface area contributed by atoms with Crippen LogP contribution in [-0.4, -0.2) is 26.7 Å². The Morgan fingerprint density at radius 2 is 1.59 bits per heavy atom. The second-order valence-electron chi connectivity index (χ2n) is 5.53. The van der Waals surface area contributed by atoms with E-state index in [1.54, 1.807) is 22.7 Å². The van der Waals surface area contributed by atoms with E-state index in [4.69, 9.17) is 0 Å². The monoisotopic (exact) mass is 413 g/mol. The van der Waals surface area contributed by atoms with E-state index >= 15 is 0 Å². The second kappa shape index (κ2) is 8.08. The highest BCUT2D eigenvalue weighted by Gasteiger charge is 2.16. The number of thiophene rings is 2. The lowest BCUT2D eigenvalue weighted by Crippen LogP contribution is -2.04. The minimum absolute atomic E-state index is 0.109. The maximum absolute atomic E-state index is 13.0. The fourth-order valence-electron chi connectivity index (χ4n) is 2.42. The first-order valence-corrected chi connectivity index (χ1v) is 10.8. The first-order chi connectivity index (χ1) is 13.2. The van der Waals surface area contributed by atoms with Gasteiger partial charge in [-0.1, -0.05) is 11.8 Å². The van der Waals surface area contributed by atoms with Gasteiger partial charge in [0, 0.05) is 27.5 Å². The summed E-state index contributed by atoms with van der Waals surface area (Å²) in [7, 11) is 0. The minimum atomic E-state index is -0.365. The molecule has 4 aromatic rings. The predicted octanol–water partition coefficient (Wildman–Crippen LogP) is 5.44. The molecule has 4 nitrogen and oxygen atoms in total. The molecule has 0 unspecified atom stereocenters. The second-order valence-corrected chi connectivity index (χ2v) is 8.04. The van der Waals surface area contributed by atoms with Crippen molar-refractivity contribution in [2.45, 2.75) is 5.16 Å². The van der Waals surface area contributed by atoms with Crippen LogP contribution in [0.4, 0.5) is 4.39 Å². The smallest absolute Gasteiger partial charge is 0.210 e. The normalized spacial score (nSPS) is 10.9. The lowest BCUT2D eigenvalue weighted by molar-refractivity contribution is 0.102. The Bertz CT molecular complexity index is 1050. The van der Waals surface area contributed by atoms with Gasteiger partial charge in [-0.2, -0.15) is 22.7 Å². The van der Waals surface area contributed by atoms with Crippen molar-refractivity contribution in [2.24, 2.45) is 0 Å². The van der Waals surface area contributed by atoms with Gasteiger partial charge in [-0.15, -0.1) is 10.2 Å². The highest BCUT2D eigenvalue weighted by atomic mass is 32.2. The molecule has 0 radical (unpaired) electrons. The molecule has 27 heavy (non-hydrogen) atoms. The topological polar surface area (TPSA) is 55.7 Å². The van der Waals surface area contributed by atoms with Gasteiger partial charge in [0.05, 0.1) is 5.75 Å². The van der Waals surface area contributed by atoms with Crippen molar-refractivity contribution in [3.63, 3.8) is 0 Å². The number of thioether (sulfide) groups is 1. The molecule has 0 fully saturated rings. The van der Waals surface area contributed by atoms with Crippen LogP contribution >= 0.6 is 34.4 Å². The molecule has 4 rings (SSSR count). The van der Waals surface area contributed by atoms with E-state index in [9.17, 15) is 9.18 Å². The van der Waals surface area contributed by atoms with E-state index in [0.717, 1.165) is 22.5 Å². The van der Waals surface area contributed by atoms with Crippen molar-refractivity contribution in [3.05, 3.63) is 69.3 Å². The molecule has 0 bridgehead atoms. The summed E-state index contributed by atoms with van der Waals surface area (Å²) in [6, 6.07) is 9.49. The molecule has 0 aliphatic carbocycles. The van der Waals surface area contributed by atoms with E-state index in [2.05, 4.69) is 15.2 Å². The first-order valence-electron chi connectivity index (χ1n) is 7.92. The van der Waals surface area contributed by atoms with Crippen LogP contribution in [0.3, 0.4) is 0 Å². The van der Waals surface area contributed by atoms with Crippen LogP contribution < -0.4 is 0 Å². The van der Waals surface area contributed by atoms with Gasteiger partial charge in [-0.25, -0.2) is 9.37 Å². The van der Waals surface area contributed by atoms with Gasteiger partial charge in [-0.3, -0.25) is 4.79 Å². The fourth-order valence-corrected chi connectivity index (χ4v) is 4.38.